The van der Waals surface area contributed by atoms with Gasteiger partial charge in [0.1, 0.15) is 24.1 Å². The van der Waals surface area contributed by atoms with E-state index in [1.54, 1.807) is 0 Å². The van der Waals surface area contributed by atoms with Gasteiger partial charge in [-0.3, -0.25) is 9.09 Å². The summed E-state index contributed by atoms with van der Waals surface area (Å²) in [6.07, 6.45) is -4.27. The van der Waals surface area contributed by atoms with Gasteiger partial charge in [-0.15, -0.1) is 0 Å². The zero-order valence-corrected chi connectivity index (χ0v) is 11.4. The van der Waals surface area contributed by atoms with Crippen molar-refractivity contribution in [3.63, 3.8) is 0 Å². The summed E-state index contributed by atoms with van der Waals surface area (Å²) < 4.78 is 20.9. The molecule has 0 aliphatic carbocycles. The zero-order chi connectivity index (χ0) is 15.8. The van der Waals surface area contributed by atoms with E-state index >= 15 is 0 Å². The third-order valence-electron chi connectivity index (χ3n) is 2.87. The number of aliphatic hydroxyl groups excluding tert-OH is 2. The van der Waals surface area contributed by atoms with Crippen LogP contribution in [0.3, 0.4) is 0 Å². The molecule has 1 aliphatic rings. The Balaban J connectivity index is 2.16. The van der Waals surface area contributed by atoms with Gasteiger partial charge in [-0.2, -0.15) is 4.98 Å². The Kier molecular flexibility index (Phi) is 4.44. The molecule has 1 aromatic rings. The molecule has 0 unspecified atom stereocenters. The molecule has 6 N–H and O–H groups in total. The molecule has 0 saturated carbocycles. The van der Waals surface area contributed by atoms with Crippen LogP contribution in [-0.4, -0.2) is 54.5 Å². The van der Waals surface area contributed by atoms with Crippen molar-refractivity contribution in [3.05, 3.63) is 22.7 Å². The normalized spacial score (nSPS) is 29.7. The van der Waals surface area contributed by atoms with Crippen molar-refractivity contribution in [2.45, 2.75) is 24.5 Å². The van der Waals surface area contributed by atoms with E-state index in [-0.39, 0.29) is 5.82 Å². The molecule has 1 fully saturated rings. The molecule has 4 atom stereocenters. The minimum atomic E-state index is -4.74. The van der Waals surface area contributed by atoms with Crippen LogP contribution in [0.4, 0.5) is 5.82 Å². The minimum absolute atomic E-state index is 0.0225. The molecule has 118 valence electrons. The number of hydrogen-bond donors (Lipinski definition) is 5. The lowest BCUT2D eigenvalue weighted by atomic mass is 11.1. The summed E-state index contributed by atoms with van der Waals surface area (Å²) in [7, 11) is -4.74. The molecule has 1 aromatic heterocycles. The summed E-state index contributed by atoms with van der Waals surface area (Å²) in [4.78, 5) is 32.3. The van der Waals surface area contributed by atoms with E-state index in [2.05, 4.69) is 9.51 Å². The van der Waals surface area contributed by atoms with E-state index in [1.807, 2.05) is 0 Å². The van der Waals surface area contributed by atoms with Crippen LogP contribution in [-0.2, 0) is 13.8 Å². The highest BCUT2D eigenvalue weighted by Gasteiger charge is 2.44. The first-order valence-electron chi connectivity index (χ1n) is 5.75. The highest BCUT2D eigenvalue weighted by molar-refractivity contribution is 7.46. The van der Waals surface area contributed by atoms with Gasteiger partial charge in [-0.1, -0.05) is 0 Å². The van der Waals surface area contributed by atoms with Crippen LogP contribution in [0.25, 0.3) is 0 Å². The molecule has 0 radical (unpaired) electrons. The van der Waals surface area contributed by atoms with Crippen molar-refractivity contribution < 1.29 is 33.8 Å². The van der Waals surface area contributed by atoms with E-state index in [4.69, 9.17) is 20.3 Å². The molecule has 21 heavy (non-hydrogen) atoms. The Morgan fingerprint density at radius 2 is 2.10 bits per heavy atom. The quantitative estimate of drug-likeness (QED) is 0.225. The number of aliphatic hydroxyl groups is 2. The number of phosphoric ester groups is 1. The van der Waals surface area contributed by atoms with Crippen LogP contribution in [0.5, 0.6) is 0 Å². The molecule has 2 rings (SSSR count). The Morgan fingerprint density at radius 3 is 2.67 bits per heavy atom. The van der Waals surface area contributed by atoms with E-state index in [1.165, 1.54) is 12.3 Å². The number of anilines is 1. The number of ether oxygens (including phenoxy) is 1. The highest BCUT2D eigenvalue weighted by atomic mass is 31.2. The lowest BCUT2D eigenvalue weighted by Gasteiger charge is -2.16. The SMILES string of the molecule is [15NH2][13c]1[13cH][13cH][15n]([13C@@H]2O[13C@H]([13CH2]OP(=O)(O)O)[13C@@H](O)[13C@H]2O)[13c](=O)[15n]1. The first kappa shape index (κ1) is 16.0. The summed E-state index contributed by atoms with van der Waals surface area (Å²) in [6.45, 7) is -0.657. The van der Waals surface area contributed by atoms with Crippen LogP contribution in [0.15, 0.2) is 17.1 Å². The Morgan fingerprint density at radius 1 is 1.43 bits per heavy atom. The number of hydrogen-bond acceptors (Lipinski definition) is 8. The van der Waals surface area contributed by atoms with Crippen molar-refractivity contribution in [3.8, 4) is 0 Å². The number of rotatable bonds is 4. The van der Waals surface area contributed by atoms with Gasteiger partial charge in [-0.05, 0) is 6.07 Å². The average molecular weight is 335 g/mol. The summed E-state index contributed by atoms with van der Waals surface area (Å²) in [5.74, 6) is -0.0225. The molecule has 0 amide bonds. The molecular weight excluding hydrogens is 321 g/mol. The molecule has 0 bridgehead atoms. The van der Waals surface area contributed by atoms with Gasteiger partial charge < -0.3 is 30.5 Å². The van der Waals surface area contributed by atoms with Gasteiger partial charge in [0.05, 0.1) is 6.61 Å². The van der Waals surface area contributed by atoms with Crippen LogP contribution in [0.2, 0.25) is 0 Å². The molecule has 0 aromatic carbocycles. The van der Waals surface area contributed by atoms with Gasteiger partial charge in [0.2, 0.25) is 0 Å². The van der Waals surface area contributed by atoms with E-state index in [9.17, 15) is 19.6 Å². The number of aromatic nitrogens is 2. The minimum Gasteiger partial charge on any atom is -0.387 e. The predicted octanol–water partition coefficient (Wildman–Crippen LogP) is -2.45. The lowest BCUT2D eigenvalue weighted by Crippen LogP contribution is -2.36. The Labute approximate surface area is 117 Å². The fraction of sp³-hybridized carbons (Fsp3) is 0.556. The standard InChI is InChI=1S/C9H14N3O8P/c10-5-1-2-12(9(15)11-5)8-7(14)6(13)4(20-8)3-19-21(16,17)18/h1-2,4,6-8,13-14H,3H2,(H2,10,11,15)(H2,16,17,18)/t4-,6-,7-,8-/m1/s1/i1+1,2+1,3+1,4+1,5+1,6+1,7+1,8+1,9+1,10+1,11+1,12+1. The van der Waals surface area contributed by atoms with Gasteiger partial charge in [0, 0.05) is 6.20 Å². The maximum absolute atomic E-state index is 11.6. The fourth-order valence-corrected chi connectivity index (χ4v) is 2.23. The summed E-state index contributed by atoms with van der Waals surface area (Å²) in [6, 6.07) is 1.29. The molecule has 1 saturated heterocycles. The average Bonchev–Trinajstić information content (AvgIpc) is 2.64. The van der Waals surface area contributed by atoms with Crippen LogP contribution in [0.1, 0.15) is 6.23 Å². The van der Waals surface area contributed by atoms with Crippen molar-refractivity contribution in [1.29, 1.82) is 0 Å². The van der Waals surface area contributed by atoms with Gasteiger partial charge in [0.15, 0.2) is 6.23 Å². The zero-order valence-electron chi connectivity index (χ0n) is 10.5. The second kappa shape index (κ2) is 5.81. The van der Waals surface area contributed by atoms with E-state index < -0.39 is 44.7 Å². The van der Waals surface area contributed by atoms with Crippen LogP contribution in [0, 0.1) is 0 Å². The monoisotopic (exact) mass is 335 g/mol. The van der Waals surface area contributed by atoms with Crippen molar-refractivity contribution >= 4 is 13.6 Å². The van der Waals surface area contributed by atoms with Crippen molar-refractivity contribution in [2.75, 3.05) is 12.3 Å². The summed E-state index contributed by atoms with van der Waals surface area (Å²) in [5, 5.41) is 19.6. The first-order chi connectivity index (χ1) is 9.69. The van der Waals surface area contributed by atoms with E-state index in [0.29, 0.717) is 0 Å². The van der Waals surface area contributed by atoms with Crippen molar-refractivity contribution in [2.24, 2.45) is 0 Å². The first-order valence-corrected chi connectivity index (χ1v) is 7.28. The van der Waals surface area contributed by atoms with E-state index in [0.717, 1.165) is 4.57 Å². The van der Waals surface area contributed by atoms with Gasteiger partial charge >= 0.3 is 13.5 Å². The maximum atomic E-state index is 11.6. The van der Waals surface area contributed by atoms with Crippen molar-refractivity contribution in [1.82, 2.24) is 9.55 Å². The number of nitrogen functional groups attached to an aromatic ring is 1. The van der Waals surface area contributed by atoms with Crippen LogP contribution < -0.4 is 11.4 Å². The lowest BCUT2D eigenvalue weighted by molar-refractivity contribution is -0.0542. The molecule has 2 heterocycles. The predicted molar refractivity (Wildman–Crippen MR) is 66.8 cm³/mol. The molecule has 12 heteroatoms. The Bertz CT molecular complexity index is 615. The third-order valence-corrected chi connectivity index (χ3v) is 3.36. The molecular formula is C9H14N3O8P. The maximum Gasteiger partial charge on any atom is 0.469 e. The molecule has 1 aliphatic heterocycles. The highest BCUT2D eigenvalue weighted by Crippen LogP contribution is 2.38. The summed E-state index contributed by atoms with van der Waals surface area (Å²) in [5.41, 5.74) is 4.52. The second-order valence-electron chi connectivity index (χ2n) is 4.37. The third kappa shape index (κ3) is 3.66. The second-order valence-corrected chi connectivity index (χ2v) is 5.61. The molecule has 11 nitrogen and oxygen atoms in total. The fourth-order valence-electron chi connectivity index (χ4n) is 1.89. The number of phosphoric acid groups is 1. The summed E-state index contributed by atoms with van der Waals surface area (Å²) >= 11 is 0. The van der Waals surface area contributed by atoms with Gasteiger partial charge in [0.25, 0.3) is 0 Å². The largest absolute Gasteiger partial charge is 0.469 e. The number of nitrogens with zero attached hydrogens (tertiary/aromatic N) is 2. The van der Waals surface area contributed by atoms with Gasteiger partial charge in [-0.25, -0.2) is 9.36 Å². The van der Waals surface area contributed by atoms with Crippen LogP contribution >= 0.6 is 7.82 Å². The smallest absolute Gasteiger partial charge is 0.387 e. The topological polar surface area (TPSA) is 177 Å². The Hall–Kier alpha value is -1.33. The number of nitrogens with two attached hydrogens (primary N) is 1. The molecule has 0 spiro atoms.